The van der Waals surface area contributed by atoms with Crippen LogP contribution in [0.25, 0.3) is 0 Å². The number of hydrogen-bond acceptors (Lipinski definition) is 1. The molecule has 0 aromatic heterocycles. The minimum Gasteiger partial charge on any atom is -0.353 e. The second kappa shape index (κ2) is 6.58. The van der Waals surface area contributed by atoms with Crippen LogP contribution in [0.2, 0.25) is 5.02 Å². The molecular weight excluding hydrogens is 314 g/mol. The molecule has 2 rings (SSSR count). The lowest BCUT2D eigenvalue weighted by atomic mass is 10.1. The van der Waals surface area contributed by atoms with Gasteiger partial charge in [-0.25, -0.2) is 0 Å². The minimum absolute atomic E-state index is 0.0927. The second-order valence-electron chi connectivity index (χ2n) is 4.83. The highest BCUT2D eigenvalue weighted by Gasteiger charge is 2.27. The predicted octanol–water partition coefficient (Wildman–Crippen LogP) is 3.56. The summed E-state index contributed by atoms with van der Waals surface area (Å²) in [7, 11) is 0. The number of rotatable bonds is 4. The van der Waals surface area contributed by atoms with Gasteiger partial charge in [-0.05, 0) is 36.5 Å². The zero-order valence-electron chi connectivity index (χ0n) is 10.2. The van der Waals surface area contributed by atoms with E-state index in [1.54, 1.807) is 0 Å². The molecule has 1 N–H and O–H groups in total. The number of carbonyl (C=O) groups is 1. The molecule has 18 heavy (non-hydrogen) atoms. The molecule has 1 fully saturated rings. The molecule has 0 heterocycles. The van der Waals surface area contributed by atoms with Crippen molar-refractivity contribution in [1.82, 2.24) is 5.32 Å². The molecule has 98 valence electrons. The van der Waals surface area contributed by atoms with Crippen LogP contribution in [0.4, 0.5) is 0 Å². The maximum atomic E-state index is 12.0. The summed E-state index contributed by atoms with van der Waals surface area (Å²) in [6.07, 6.45) is 3.91. The Kier molecular flexibility index (Phi) is 5.07. The van der Waals surface area contributed by atoms with Crippen LogP contribution in [0.3, 0.4) is 0 Å². The van der Waals surface area contributed by atoms with Crippen LogP contribution in [0, 0.1) is 5.92 Å². The highest BCUT2D eigenvalue weighted by molar-refractivity contribution is 9.09. The predicted molar refractivity (Wildman–Crippen MR) is 78.2 cm³/mol. The van der Waals surface area contributed by atoms with Gasteiger partial charge in [0, 0.05) is 16.4 Å². The Hall–Kier alpha value is -0.540. The Morgan fingerprint density at radius 2 is 2.28 bits per heavy atom. The van der Waals surface area contributed by atoms with E-state index in [4.69, 9.17) is 11.6 Å². The van der Waals surface area contributed by atoms with Crippen LogP contribution in [-0.4, -0.2) is 17.3 Å². The molecule has 1 aliphatic carbocycles. The van der Waals surface area contributed by atoms with Crippen LogP contribution < -0.4 is 5.32 Å². The van der Waals surface area contributed by atoms with Crippen LogP contribution in [0.15, 0.2) is 24.3 Å². The third-order valence-electron chi connectivity index (χ3n) is 3.46. The summed E-state index contributed by atoms with van der Waals surface area (Å²) in [6.45, 7) is 0. The summed E-state index contributed by atoms with van der Waals surface area (Å²) in [6, 6.07) is 7.80. The van der Waals surface area contributed by atoms with E-state index < -0.39 is 0 Å². The Morgan fingerprint density at radius 1 is 1.44 bits per heavy atom. The number of halogens is 2. The first-order chi connectivity index (χ1) is 8.69. The van der Waals surface area contributed by atoms with Gasteiger partial charge in [0.1, 0.15) is 0 Å². The van der Waals surface area contributed by atoms with Gasteiger partial charge in [-0.3, -0.25) is 4.79 Å². The van der Waals surface area contributed by atoms with E-state index in [-0.39, 0.29) is 5.91 Å². The molecular formula is C14H17BrClNO. The number of alkyl halides is 1. The first kappa shape index (κ1) is 13.9. The van der Waals surface area contributed by atoms with Gasteiger partial charge >= 0.3 is 0 Å². The normalized spacial score (nSPS) is 23.0. The molecule has 0 saturated heterocycles. The zero-order chi connectivity index (χ0) is 13.0. The summed E-state index contributed by atoms with van der Waals surface area (Å²) in [4.78, 5) is 12.0. The third kappa shape index (κ3) is 3.72. The van der Waals surface area contributed by atoms with Gasteiger partial charge in [-0.1, -0.05) is 46.1 Å². The van der Waals surface area contributed by atoms with E-state index in [2.05, 4.69) is 21.2 Å². The summed E-state index contributed by atoms with van der Waals surface area (Å²) in [5, 5.41) is 4.78. The standard InChI is InChI=1S/C14H17BrClNO/c15-9-11-4-2-6-13(11)17-14(18)8-10-3-1-5-12(16)7-10/h1,3,5,7,11,13H,2,4,6,8-9H2,(H,17,18). The molecule has 1 saturated carbocycles. The third-order valence-corrected chi connectivity index (χ3v) is 4.52. The molecule has 2 nitrogen and oxygen atoms in total. The van der Waals surface area contributed by atoms with Gasteiger partial charge in [0.05, 0.1) is 6.42 Å². The van der Waals surface area contributed by atoms with Gasteiger partial charge in [-0.2, -0.15) is 0 Å². The molecule has 4 heteroatoms. The van der Waals surface area contributed by atoms with E-state index in [1.165, 1.54) is 12.8 Å². The van der Waals surface area contributed by atoms with Crippen molar-refractivity contribution in [2.45, 2.75) is 31.7 Å². The van der Waals surface area contributed by atoms with E-state index in [1.807, 2.05) is 24.3 Å². The molecule has 0 spiro atoms. The molecule has 1 aromatic carbocycles. The fourth-order valence-corrected chi connectivity index (χ4v) is 3.49. The summed E-state index contributed by atoms with van der Waals surface area (Å²) in [5.41, 5.74) is 0.966. The molecule has 1 aliphatic rings. The Bertz CT molecular complexity index is 424. The highest BCUT2D eigenvalue weighted by Crippen LogP contribution is 2.27. The van der Waals surface area contributed by atoms with Crippen molar-refractivity contribution in [3.63, 3.8) is 0 Å². The highest BCUT2D eigenvalue weighted by atomic mass is 79.9. The fraction of sp³-hybridized carbons (Fsp3) is 0.500. The number of amides is 1. The molecule has 1 amide bonds. The van der Waals surface area contributed by atoms with Gasteiger partial charge in [0.2, 0.25) is 5.91 Å². The molecule has 2 atom stereocenters. The maximum Gasteiger partial charge on any atom is 0.224 e. The number of hydrogen-bond donors (Lipinski definition) is 1. The maximum absolute atomic E-state index is 12.0. The molecule has 0 bridgehead atoms. The van der Waals surface area contributed by atoms with Gasteiger partial charge in [0.25, 0.3) is 0 Å². The first-order valence-electron chi connectivity index (χ1n) is 6.29. The summed E-state index contributed by atoms with van der Waals surface area (Å²) in [5.74, 6) is 0.670. The lowest BCUT2D eigenvalue weighted by molar-refractivity contribution is -0.121. The van der Waals surface area contributed by atoms with E-state index >= 15 is 0 Å². The van der Waals surface area contributed by atoms with Gasteiger partial charge < -0.3 is 5.32 Å². The average molecular weight is 331 g/mol. The smallest absolute Gasteiger partial charge is 0.224 e. The quantitative estimate of drug-likeness (QED) is 0.840. The number of nitrogens with one attached hydrogen (secondary N) is 1. The minimum atomic E-state index is 0.0927. The Balaban J connectivity index is 1.89. The summed E-state index contributed by atoms with van der Waals surface area (Å²) < 4.78 is 0. The monoisotopic (exact) mass is 329 g/mol. The Labute approximate surface area is 121 Å². The zero-order valence-corrected chi connectivity index (χ0v) is 12.5. The lowest BCUT2D eigenvalue weighted by Crippen LogP contribution is -2.38. The molecule has 2 unspecified atom stereocenters. The van der Waals surface area contributed by atoms with E-state index in [9.17, 15) is 4.79 Å². The van der Waals surface area contributed by atoms with Crippen LogP contribution in [0.1, 0.15) is 24.8 Å². The number of carbonyl (C=O) groups excluding carboxylic acids is 1. The van der Waals surface area contributed by atoms with Crippen LogP contribution in [0.5, 0.6) is 0 Å². The topological polar surface area (TPSA) is 29.1 Å². The fourth-order valence-electron chi connectivity index (χ4n) is 2.50. The van der Waals surface area contributed by atoms with Crippen LogP contribution >= 0.6 is 27.5 Å². The van der Waals surface area contributed by atoms with Crippen molar-refractivity contribution in [1.29, 1.82) is 0 Å². The van der Waals surface area contributed by atoms with Crippen molar-refractivity contribution < 1.29 is 4.79 Å². The number of benzene rings is 1. The average Bonchev–Trinajstić information content (AvgIpc) is 2.76. The largest absolute Gasteiger partial charge is 0.353 e. The van der Waals surface area contributed by atoms with Crippen LogP contribution in [-0.2, 0) is 11.2 Å². The van der Waals surface area contributed by atoms with Gasteiger partial charge in [0.15, 0.2) is 0 Å². The second-order valence-corrected chi connectivity index (χ2v) is 5.91. The van der Waals surface area contributed by atoms with E-state index in [0.29, 0.717) is 23.4 Å². The van der Waals surface area contributed by atoms with Crippen molar-refractivity contribution >= 4 is 33.4 Å². The van der Waals surface area contributed by atoms with Crippen molar-refractivity contribution in [2.24, 2.45) is 5.92 Å². The first-order valence-corrected chi connectivity index (χ1v) is 7.79. The van der Waals surface area contributed by atoms with Crippen molar-refractivity contribution in [3.8, 4) is 0 Å². The van der Waals surface area contributed by atoms with Crippen molar-refractivity contribution in [2.75, 3.05) is 5.33 Å². The van der Waals surface area contributed by atoms with Gasteiger partial charge in [-0.15, -0.1) is 0 Å². The van der Waals surface area contributed by atoms with Crippen molar-refractivity contribution in [3.05, 3.63) is 34.9 Å². The SMILES string of the molecule is O=C(Cc1cccc(Cl)c1)NC1CCCC1CBr. The molecule has 0 radical (unpaired) electrons. The van der Waals surface area contributed by atoms with E-state index in [0.717, 1.165) is 17.3 Å². The Morgan fingerprint density at radius 3 is 3.00 bits per heavy atom. The summed E-state index contributed by atoms with van der Waals surface area (Å²) >= 11 is 9.42. The molecule has 0 aliphatic heterocycles. The molecule has 1 aromatic rings. The lowest BCUT2D eigenvalue weighted by Gasteiger charge is -2.19.